The molecule has 1 aromatic rings. The second kappa shape index (κ2) is 9.57. The number of carboxylic acid groups (broad SMARTS) is 1. The summed E-state index contributed by atoms with van der Waals surface area (Å²) >= 11 is 0. The van der Waals surface area contributed by atoms with Crippen molar-refractivity contribution in [2.75, 3.05) is 6.54 Å². The third-order valence-electron chi connectivity index (χ3n) is 4.54. The normalized spacial score (nSPS) is 17.0. The van der Waals surface area contributed by atoms with Crippen molar-refractivity contribution in [3.8, 4) is 0 Å². The highest BCUT2D eigenvalue weighted by Crippen LogP contribution is 2.33. The molecule has 0 aromatic heterocycles. The van der Waals surface area contributed by atoms with Crippen molar-refractivity contribution in [3.63, 3.8) is 0 Å². The van der Waals surface area contributed by atoms with Gasteiger partial charge in [-0.3, -0.25) is 9.59 Å². The Labute approximate surface area is 160 Å². The molecule has 2 N–H and O–H groups in total. The minimum absolute atomic E-state index is 0.0701. The Bertz CT molecular complexity index is 753. The number of carbonyl (C=O) groups excluding carboxylic acids is 2. The van der Waals surface area contributed by atoms with Crippen LogP contribution in [0.1, 0.15) is 44.6 Å². The van der Waals surface area contributed by atoms with Crippen LogP contribution in [0.25, 0.3) is 0 Å². The molecule has 1 aliphatic heterocycles. The Kier molecular flexibility index (Phi) is 7.42. The highest BCUT2D eigenvalue weighted by molar-refractivity contribution is 5.82. The highest BCUT2D eigenvalue weighted by atomic mass is 19.2. The molecule has 154 valence electrons. The Morgan fingerprint density at radius 2 is 1.96 bits per heavy atom. The first-order chi connectivity index (χ1) is 13.2. The molecule has 1 aromatic carbocycles. The van der Waals surface area contributed by atoms with E-state index in [0.717, 1.165) is 18.9 Å². The number of nitrogens with one attached hydrogen (secondary N) is 1. The predicted octanol–water partition coefficient (Wildman–Crippen LogP) is 2.60. The van der Waals surface area contributed by atoms with Gasteiger partial charge in [0, 0.05) is 38.1 Å². The monoisotopic (exact) mass is 400 g/mol. The fourth-order valence-corrected chi connectivity index (χ4v) is 2.95. The molecule has 0 radical (unpaired) electrons. The van der Waals surface area contributed by atoms with Gasteiger partial charge in [0.2, 0.25) is 11.8 Å². The second-order valence-electron chi connectivity index (χ2n) is 7.05. The third-order valence-corrected chi connectivity index (χ3v) is 4.54. The van der Waals surface area contributed by atoms with E-state index in [1.54, 1.807) is 0 Å². The van der Waals surface area contributed by atoms with Crippen LogP contribution in [-0.2, 0) is 20.9 Å². The molecule has 9 heteroatoms. The van der Waals surface area contributed by atoms with Gasteiger partial charge < -0.3 is 15.3 Å². The zero-order valence-corrected chi connectivity index (χ0v) is 15.5. The number of hydrogen-bond donors (Lipinski definition) is 2. The first kappa shape index (κ1) is 21.7. The van der Waals surface area contributed by atoms with E-state index in [9.17, 15) is 27.6 Å². The van der Waals surface area contributed by atoms with E-state index < -0.39 is 29.5 Å². The van der Waals surface area contributed by atoms with Gasteiger partial charge in [-0.2, -0.15) is 0 Å². The maximum atomic E-state index is 13.3. The molecule has 1 heterocycles. The highest BCUT2D eigenvalue weighted by Gasteiger charge is 2.29. The first-order valence-electron chi connectivity index (χ1n) is 9.08. The van der Waals surface area contributed by atoms with Gasteiger partial charge in [0.05, 0.1) is 0 Å². The van der Waals surface area contributed by atoms with Gasteiger partial charge >= 0.3 is 5.97 Å². The Balaban J connectivity index is 0.000000209. The zero-order valence-electron chi connectivity index (χ0n) is 15.5. The summed E-state index contributed by atoms with van der Waals surface area (Å²) < 4.78 is 39.0. The minimum atomic E-state index is -1.22. The lowest BCUT2D eigenvalue weighted by Crippen LogP contribution is -2.39. The summed E-state index contributed by atoms with van der Waals surface area (Å²) in [4.78, 5) is 33.8. The lowest BCUT2D eigenvalue weighted by Gasteiger charge is -2.16. The molecule has 1 saturated heterocycles. The molecular weight excluding hydrogens is 377 g/mol. The SMILES string of the molecule is CC(=O)NC(CC1CC1)C(=O)O.O=C1CCCN1Cc1cc(F)cc(F)c1F. The van der Waals surface area contributed by atoms with Gasteiger partial charge in [-0.05, 0) is 24.8 Å². The summed E-state index contributed by atoms with van der Waals surface area (Å²) in [6.45, 7) is 1.78. The number of nitrogens with zero attached hydrogens (tertiary/aromatic N) is 1. The second-order valence-corrected chi connectivity index (χ2v) is 7.05. The number of benzene rings is 1. The molecule has 2 fully saturated rings. The third kappa shape index (κ3) is 6.54. The van der Waals surface area contributed by atoms with Crippen molar-refractivity contribution in [1.82, 2.24) is 10.2 Å². The molecule has 0 bridgehead atoms. The van der Waals surface area contributed by atoms with E-state index in [1.807, 2.05) is 0 Å². The summed E-state index contributed by atoms with van der Waals surface area (Å²) in [5, 5.41) is 11.1. The van der Waals surface area contributed by atoms with Crippen LogP contribution in [0.15, 0.2) is 12.1 Å². The van der Waals surface area contributed by atoms with E-state index in [1.165, 1.54) is 11.8 Å². The minimum Gasteiger partial charge on any atom is -0.480 e. The summed E-state index contributed by atoms with van der Waals surface area (Å²) in [6.07, 6.45) is 3.90. The fourth-order valence-electron chi connectivity index (χ4n) is 2.95. The number of amides is 2. The summed E-state index contributed by atoms with van der Waals surface area (Å²) in [7, 11) is 0. The van der Waals surface area contributed by atoms with E-state index in [0.29, 0.717) is 37.8 Å². The Morgan fingerprint density at radius 1 is 1.29 bits per heavy atom. The molecule has 1 atom stereocenters. The van der Waals surface area contributed by atoms with Crippen LogP contribution in [0.2, 0.25) is 0 Å². The standard InChI is InChI=1S/C11H10F3NO.C8H13NO3/c12-8-4-7(11(14)9(13)5-8)6-15-3-1-2-10(15)16;1-5(10)9-7(8(11)12)4-6-2-3-6/h4-5H,1-3,6H2;6-7H,2-4H2,1H3,(H,9,10)(H,11,12). The average Bonchev–Trinajstić information content (AvgIpc) is 3.33. The molecule has 2 aliphatic rings. The average molecular weight is 400 g/mol. The van der Waals surface area contributed by atoms with Crippen molar-refractivity contribution in [3.05, 3.63) is 35.1 Å². The van der Waals surface area contributed by atoms with Gasteiger partial charge in [-0.25, -0.2) is 18.0 Å². The van der Waals surface area contributed by atoms with Crippen molar-refractivity contribution >= 4 is 17.8 Å². The van der Waals surface area contributed by atoms with Crippen LogP contribution in [0.3, 0.4) is 0 Å². The number of carbonyl (C=O) groups is 3. The van der Waals surface area contributed by atoms with E-state index in [-0.39, 0.29) is 23.9 Å². The molecule has 0 spiro atoms. The molecule has 1 unspecified atom stereocenters. The predicted molar refractivity (Wildman–Crippen MR) is 93.5 cm³/mol. The van der Waals surface area contributed by atoms with Crippen molar-refractivity contribution in [1.29, 1.82) is 0 Å². The topological polar surface area (TPSA) is 86.7 Å². The van der Waals surface area contributed by atoms with Crippen LogP contribution in [0, 0.1) is 23.4 Å². The number of halogens is 3. The van der Waals surface area contributed by atoms with Gasteiger partial charge in [-0.1, -0.05) is 12.8 Å². The molecule has 2 amide bonds. The molecular formula is C19H23F3N2O4. The quantitative estimate of drug-likeness (QED) is 0.719. The van der Waals surface area contributed by atoms with E-state index >= 15 is 0 Å². The summed E-state index contributed by atoms with van der Waals surface area (Å²) in [5.74, 6) is -3.94. The number of hydrogen-bond acceptors (Lipinski definition) is 3. The largest absolute Gasteiger partial charge is 0.480 e. The van der Waals surface area contributed by atoms with E-state index in [4.69, 9.17) is 5.11 Å². The van der Waals surface area contributed by atoms with Gasteiger partial charge in [0.15, 0.2) is 11.6 Å². The van der Waals surface area contributed by atoms with Crippen LogP contribution in [0.5, 0.6) is 0 Å². The molecule has 6 nitrogen and oxygen atoms in total. The Morgan fingerprint density at radius 3 is 2.46 bits per heavy atom. The lowest BCUT2D eigenvalue weighted by molar-refractivity contribution is -0.141. The Hall–Kier alpha value is -2.58. The van der Waals surface area contributed by atoms with Crippen molar-refractivity contribution in [2.24, 2.45) is 5.92 Å². The van der Waals surface area contributed by atoms with Crippen molar-refractivity contribution < 1.29 is 32.7 Å². The molecule has 28 heavy (non-hydrogen) atoms. The maximum absolute atomic E-state index is 13.3. The fraction of sp³-hybridized carbons (Fsp3) is 0.526. The molecule has 1 saturated carbocycles. The van der Waals surface area contributed by atoms with Crippen LogP contribution < -0.4 is 5.32 Å². The number of rotatable bonds is 6. The number of carboxylic acids is 1. The smallest absolute Gasteiger partial charge is 0.326 e. The lowest BCUT2D eigenvalue weighted by atomic mass is 10.1. The van der Waals surface area contributed by atoms with Gasteiger partial charge in [-0.15, -0.1) is 0 Å². The van der Waals surface area contributed by atoms with E-state index in [2.05, 4.69) is 5.32 Å². The molecule has 1 aliphatic carbocycles. The molecule has 3 rings (SSSR count). The van der Waals surface area contributed by atoms with Crippen LogP contribution >= 0.6 is 0 Å². The number of aliphatic carboxylic acids is 1. The maximum Gasteiger partial charge on any atom is 0.326 e. The van der Waals surface area contributed by atoms with Crippen LogP contribution in [0.4, 0.5) is 13.2 Å². The summed E-state index contributed by atoms with van der Waals surface area (Å²) in [5.41, 5.74) is -0.118. The zero-order chi connectivity index (χ0) is 20.8. The summed E-state index contributed by atoms with van der Waals surface area (Å²) in [6, 6.07) is 0.726. The van der Waals surface area contributed by atoms with Crippen LogP contribution in [-0.4, -0.2) is 40.4 Å². The number of likely N-dealkylation sites (tertiary alicyclic amines) is 1. The first-order valence-corrected chi connectivity index (χ1v) is 9.08. The van der Waals surface area contributed by atoms with Gasteiger partial charge in [0.1, 0.15) is 11.9 Å². The van der Waals surface area contributed by atoms with Crippen molar-refractivity contribution in [2.45, 2.75) is 51.6 Å². The van der Waals surface area contributed by atoms with Gasteiger partial charge in [0.25, 0.3) is 0 Å².